The van der Waals surface area contributed by atoms with Gasteiger partial charge in [0.15, 0.2) is 11.5 Å². The molecule has 8 nitrogen and oxygen atoms in total. The first kappa shape index (κ1) is 22.1. The van der Waals surface area contributed by atoms with Crippen LogP contribution in [0.15, 0.2) is 91.3 Å². The number of aromatic nitrogens is 4. The number of phenolic OH excluding ortho intramolecular Hbond substituents is 1. The lowest BCUT2D eigenvalue weighted by Crippen LogP contribution is -2.15. The predicted molar refractivity (Wildman–Crippen MR) is 141 cm³/mol. The minimum atomic E-state index is -0.243. The minimum Gasteiger partial charge on any atom is -0.508 e. The van der Waals surface area contributed by atoms with E-state index in [2.05, 4.69) is 22.2 Å². The number of hydrogen-bond acceptors (Lipinski definition) is 7. The van der Waals surface area contributed by atoms with Crippen molar-refractivity contribution in [3.8, 4) is 28.9 Å². The average molecular weight is 503 g/mol. The first-order valence-corrected chi connectivity index (χ1v) is 12.2. The van der Waals surface area contributed by atoms with E-state index in [-0.39, 0.29) is 18.3 Å². The number of aromatic hydroxyl groups is 1. The Balaban J connectivity index is 1.31. The van der Waals surface area contributed by atoms with Gasteiger partial charge in [0.1, 0.15) is 35.9 Å². The highest BCUT2D eigenvalue weighted by Crippen LogP contribution is 2.48. The van der Waals surface area contributed by atoms with E-state index < -0.39 is 0 Å². The summed E-state index contributed by atoms with van der Waals surface area (Å²) in [6.07, 6.45) is 1.58. The van der Waals surface area contributed by atoms with E-state index in [1.54, 1.807) is 30.1 Å². The second kappa shape index (κ2) is 8.77. The Morgan fingerprint density at radius 2 is 1.82 bits per heavy atom. The summed E-state index contributed by atoms with van der Waals surface area (Å²) >= 11 is 0. The van der Waals surface area contributed by atoms with Crippen LogP contribution in [0.2, 0.25) is 0 Å². The van der Waals surface area contributed by atoms with Crippen LogP contribution in [0, 0.1) is 0 Å². The van der Waals surface area contributed by atoms with Gasteiger partial charge in [0, 0.05) is 22.9 Å². The number of ether oxygens (including phenoxy) is 3. The molecule has 0 saturated carbocycles. The fourth-order valence-corrected chi connectivity index (χ4v) is 5.02. The molecule has 1 atom stereocenters. The molecule has 3 heterocycles. The van der Waals surface area contributed by atoms with Gasteiger partial charge in [-0.05, 0) is 35.2 Å². The molecule has 186 valence electrons. The Bertz CT molecular complexity index is 1810. The number of hydrogen-bond donors (Lipinski definition) is 1. The molecule has 2 aromatic heterocycles. The molecule has 1 aliphatic rings. The van der Waals surface area contributed by atoms with Crippen molar-refractivity contribution in [1.29, 1.82) is 0 Å². The smallest absolute Gasteiger partial charge is 0.228 e. The van der Waals surface area contributed by atoms with E-state index in [1.807, 2.05) is 60.7 Å². The van der Waals surface area contributed by atoms with Crippen LogP contribution in [0.4, 0.5) is 0 Å². The van der Waals surface area contributed by atoms with Crippen LogP contribution in [0.3, 0.4) is 0 Å². The van der Waals surface area contributed by atoms with E-state index in [0.717, 1.165) is 39.0 Å². The standard InChI is InChI=1S/C30H22N4O4/c1-36-21-12-9-19(10-13-21)27-23-14-11-20(35)15-25(23)38-30-28(27)29-32-26(33-34(29)17-31-30)16-37-24-8-4-6-18-5-2-3-7-22(18)24/h2-15,17,27,35H,16H2,1H3/t27-/m0/s1. The highest BCUT2D eigenvalue weighted by molar-refractivity contribution is 5.88. The maximum absolute atomic E-state index is 10.1. The number of rotatable bonds is 5. The molecule has 0 radical (unpaired) electrons. The lowest BCUT2D eigenvalue weighted by molar-refractivity contribution is 0.299. The molecule has 0 saturated heterocycles. The SMILES string of the molecule is COc1ccc([C@H]2c3ccc(O)cc3Oc3ncn4nc(COc5cccc6ccccc56)nc4c32)cc1. The van der Waals surface area contributed by atoms with Gasteiger partial charge in [0.05, 0.1) is 12.7 Å². The molecule has 0 fully saturated rings. The summed E-state index contributed by atoms with van der Waals surface area (Å²) in [6, 6.07) is 27.1. The monoisotopic (exact) mass is 502 g/mol. The van der Waals surface area contributed by atoms with Crippen LogP contribution in [0.25, 0.3) is 16.4 Å². The average Bonchev–Trinajstić information content (AvgIpc) is 3.38. The van der Waals surface area contributed by atoms with E-state index in [0.29, 0.717) is 23.1 Å². The van der Waals surface area contributed by atoms with Crippen LogP contribution in [-0.2, 0) is 6.61 Å². The summed E-state index contributed by atoms with van der Waals surface area (Å²) in [5.41, 5.74) is 3.33. The fraction of sp³-hybridized carbons (Fsp3) is 0.100. The van der Waals surface area contributed by atoms with Crippen LogP contribution in [0.1, 0.15) is 28.4 Å². The normalized spacial score (nSPS) is 14.1. The lowest BCUT2D eigenvalue weighted by atomic mass is 9.84. The van der Waals surface area contributed by atoms with Crippen molar-refractivity contribution in [3.63, 3.8) is 0 Å². The molecule has 0 aliphatic carbocycles. The highest BCUT2D eigenvalue weighted by Gasteiger charge is 2.33. The second-order valence-corrected chi connectivity index (χ2v) is 9.06. The van der Waals surface area contributed by atoms with Crippen LogP contribution < -0.4 is 14.2 Å². The van der Waals surface area contributed by atoms with Crippen LogP contribution in [0.5, 0.6) is 28.9 Å². The van der Waals surface area contributed by atoms with Crippen molar-refractivity contribution in [3.05, 3.63) is 114 Å². The van der Waals surface area contributed by atoms with E-state index in [9.17, 15) is 5.11 Å². The Labute approximate surface area is 217 Å². The predicted octanol–water partition coefficient (Wildman–Crippen LogP) is 5.86. The summed E-state index contributed by atoms with van der Waals surface area (Å²) in [5, 5.41) is 16.9. The van der Waals surface area contributed by atoms with Gasteiger partial charge in [0.25, 0.3) is 0 Å². The second-order valence-electron chi connectivity index (χ2n) is 9.06. The summed E-state index contributed by atoms with van der Waals surface area (Å²) in [5.74, 6) is 2.91. The van der Waals surface area contributed by atoms with Crippen LogP contribution in [-0.4, -0.2) is 31.8 Å². The van der Waals surface area contributed by atoms with Gasteiger partial charge in [0.2, 0.25) is 5.88 Å². The number of methoxy groups -OCH3 is 1. The van der Waals surface area contributed by atoms with E-state index >= 15 is 0 Å². The summed E-state index contributed by atoms with van der Waals surface area (Å²) in [7, 11) is 1.64. The first-order valence-electron chi connectivity index (χ1n) is 12.2. The molecule has 0 unspecified atom stereocenters. The quantitative estimate of drug-likeness (QED) is 0.315. The van der Waals surface area contributed by atoms with Crippen molar-refractivity contribution in [1.82, 2.24) is 19.6 Å². The van der Waals surface area contributed by atoms with Gasteiger partial charge in [-0.25, -0.2) is 14.5 Å². The molecule has 38 heavy (non-hydrogen) atoms. The van der Waals surface area contributed by atoms with Crippen molar-refractivity contribution in [2.45, 2.75) is 12.5 Å². The topological polar surface area (TPSA) is 91.0 Å². The van der Waals surface area contributed by atoms with E-state index in [1.165, 1.54) is 0 Å². The van der Waals surface area contributed by atoms with Crippen molar-refractivity contribution < 1.29 is 19.3 Å². The van der Waals surface area contributed by atoms with Crippen molar-refractivity contribution in [2.24, 2.45) is 0 Å². The number of fused-ring (bicyclic) bond motifs is 5. The molecule has 7 rings (SSSR count). The van der Waals surface area contributed by atoms with Crippen molar-refractivity contribution in [2.75, 3.05) is 7.11 Å². The zero-order valence-electron chi connectivity index (χ0n) is 20.4. The minimum absolute atomic E-state index is 0.122. The largest absolute Gasteiger partial charge is 0.508 e. The first-order chi connectivity index (χ1) is 18.7. The molecular formula is C30H22N4O4. The van der Waals surface area contributed by atoms with Gasteiger partial charge in [-0.15, -0.1) is 5.10 Å². The van der Waals surface area contributed by atoms with Crippen molar-refractivity contribution >= 4 is 16.4 Å². The summed E-state index contributed by atoms with van der Waals surface area (Å²) in [4.78, 5) is 9.40. The van der Waals surface area contributed by atoms with Gasteiger partial charge >= 0.3 is 0 Å². The highest BCUT2D eigenvalue weighted by atomic mass is 16.5. The lowest BCUT2D eigenvalue weighted by Gasteiger charge is -2.28. The summed E-state index contributed by atoms with van der Waals surface area (Å²) in [6.45, 7) is 0.197. The third-order valence-corrected chi connectivity index (χ3v) is 6.79. The third-order valence-electron chi connectivity index (χ3n) is 6.79. The van der Waals surface area contributed by atoms with Crippen LogP contribution >= 0.6 is 0 Å². The number of nitrogens with zero attached hydrogens (tertiary/aromatic N) is 4. The van der Waals surface area contributed by atoms with Gasteiger partial charge in [-0.1, -0.05) is 54.6 Å². The third kappa shape index (κ3) is 3.66. The molecule has 0 amide bonds. The van der Waals surface area contributed by atoms with E-state index in [4.69, 9.17) is 19.2 Å². The zero-order chi connectivity index (χ0) is 25.6. The zero-order valence-corrected chi connectivity index (χ0v) is 20.4. The Morgan fingerprint density at radius 3 is 2.68 bits per heavy atom. The van der Waals surface area contributed by atoms with Gasteiger partial charge in [-0.3, -0.25) is 0 Å². The Morgan fingerprint density at radius 1 is 0.974 bits per heavy atom. The maximum Gasteiger partial charge on any atom is 0.228 e. The molecule has 0 spiro atoms. The fourth-order valence-electron chi connectivity index (χ4n) is 5.02. The molecule has 4 aromatic carbocycles. The molecule has 8 heteroatoms. The maximum atomic E-state index is 10.1. The Kier molecular flexibility index (Phi) is 5.11. The molecular weight excluding hydrogens is 480 g/mol. The number of benzene rings is 4. The molecule has 6 aromatic rings. The Hall–Kier alpha value is -5.11. The molecule has 0 bridgehead atoms. The molecule has 1 N–H and O–H groups in total. The van der Waals surface area contributed by atoms with Gasteiger partial charge < -0.3 is 19.3 Å². The number of phenols is 1. The summed E-state index contributed by atoms with van der Waals surface area (Å²) < 4.78 is 19.3. The molecule has 1 aliphatic heterocycles. The van der Waals surface area contributed by atoms with Gasteiger partial charge in [-0.2, -0.15) is 0 Å².